The molecule has 2 aromatic rings. The van der Waals surface area contributed by atoms with Gasteiger partial charge in [-0.2, -0.15) is 0 Å². The summed E-state index contributed by atoms with van der Waals surface area (Å²) in [5.74, 6) is 1.90. The predicted molar refractivity (Wildman–Crippen MR) is 94.0 cm³/mol. The van der Waals surface area contributed by atoms with Crippen molar-refractivity contribution in [2.45, 2.75) is 52.9 Å². The molecule has 0 heterocycles. The zero-order valence-corrected chi connectivity index (χ0v) is 14.7. The highest BCUT2D eigenvalue weighted by Gasteiger charge is 2.22. The third-order valence-corrected chi connectivity index (χ3v) is 4.21. The molecule has 2 rings (SSSR count). The van der Waals surface area contributed by atoms with E-state index >= 15 is 0 Å². The highest BCUT2D eigenvalue weighted by molar-refractivity contribution is 5.90. The van der Waals surface area contributed by atoms with Gasteiger partial charge in [-0.25, -0.2) is 0 Å². The Balaban J connectivity index is 2.69. The maximum absolute atomic E-state index is 10.9. The van der Waals surface area contributed by atoms with E-state index in [9.17, 15) is 5.11 Å². The first-order valence-electron chi connectivity index (χ1n) is 8.07. The van der Waals surface area contributed by atoms with E-state index in [1.54, 1.807) is 7.11 Å². The molecule has 2 aromatic carbocycles. The van der Waals surface area contributed by atoms with Crippen molar-refractivity contribution >= 4 is 10.8 Å². The van der Waals surface area contributed by atoms with Crippen LogP contribution in [0.5, 0.6) is 11.5 Å². The SMILES string of the molecule is COc1ccc2cc(C(C)(C)C)c(O)c(CCC(C)C)c2c1. The Morgan fingerprint density at radius 1 is 1.14 bits per heavy atom. The summed E-state index contributed by atoms with van der Waals surface area (Å²) in [6.07, 6.45) is 1.95. The van der Waals surface area contributed by atoms with Gasteiger partial charge in [0.2, 0.25) is 0 Å². The van der Waals surface area contributed by atoms with Crippen molar-refractivity contribution in [3.8, 4) is 11.5 Å². The third kappa shape index (κ3) is 3.37. The lowest BCUT2D eigenvalue weighted by Gasteiger charge is -2.24. The van der Waals surface area contributed by atoms with Gasteiger partial charge in [0.25, 0.3) is 0 Å². The molecule has 1 N–H and O–H groups in total. The smallest absolute Gasteiger partial charge is 0.123 e. The van der Waals surface area contributed by atoms with Gasteiger partial charge in [0, 0.05) is 11.1 Å². The minimum Gasteiger partial charge on any atom is -0.507 e. The van der Waals surface area contributed by atoms with E-state index in [4.69, 9.17) is 4.74 Å². The van der Waals surface area contributed by atoms with E-state index in [0.29, 0.717) is 11.7 Å². The number of aryl methyl sites for hydroxylation is 1. The molecule has 0 unspecified atom stereocenters. The van der Waals surface area contributed by atoms with Crippen LogP contribution in [0, 0.1) is 5.92 Å². The number of fused-ring (bicyclic) bond motifs is 1. The monoisotopic (exact) mass is 300 g/mol. The molecule has 2 heteroatoms. The molecular weight excluding hydrogens is 272 g/mol. The normalized spacial score (nSPS) is 12.1. The molecule has 2 nitrogen and oxygen atoms in total. The average Bonchev–Trinajstić information content (AvgIpc) is 2.43. The van der Waals surface area contributed by atoms with Gasteiger partial charge in [-0.1, -0.05) is 40.7 Å². The minimum atomic E-state index is -0.0786. The second kappa shape index (κ2) is 6.20. The van der Waals surface area contributed by atoms with Crippen LogP contribution in [0.3, 0.4) is 0 Å². The molecule has 120 valence electrons. The summed E-state index contributed by atoms with van der Waals surface area (Å²) in [4.78, 5) is 0. The topological polar surface area (TPSA) is 29.5 Å². The summed E-state index contributed by atoms with van der Waals surface area (Å²) < 4.78 is 5.36. The van der Waals surface area contributed by atoms with Gasteiger partial charge < -0.3 is 9.84 Å². The summed E-state index contributed by atoms with van der Waals surface area (Å²) in [6, 6.07) is 8.22. The molecular formula is C20H28O2. The maximum atomic E-state index is 10.9. The fourth-order valence-electron chi connectivity index (χ4n) is 2.82. The van der Waals surface area contributed by atoms with Crippen molar-refractivity contribution in [3.05, 3.63) is 35.4 Å². The lowest BCUT2D eigenvalue weighted by Crippen LogP contribution is -2.12. The van der Waals surface area contributed by atoms with Crippen LogP contribution in [0.15, 0.2) is 24.3 Å². The van der Waals surface area contributed by atoms with Crippen molar-refractivity contribution in [2.75, 3.05) is 7.11 Å². The van der Waals surface area contributed by atoms with Crippen LogP contribution in [-0.2, 0) is 11.8 Å². The van der Waals surface area contributed by atoms with Crippen LogP contribution >= 0.6 is 0 Å². The molecule has 0 saturated carbocycles. The highest BCUT2D eigenvalue weighted by Crippen LogP contribution is 2.40. The molecule has 0 aliphatic rings. The Kier molecular flexibility index (Phi) is 4.69. The summed E-state index contributed by atoms with van der Waals surface area (Å²) in [5, 5.41) is 13.1. The first kappa shape index (κ1) is 16.7. The second-order valence-electron chi connectivity index (χ2n) is 7.52. The molecule has 0 fully saturated rings. The fraction of sp³-hybridized carbons (Fsp3) is 0.500. The number of hydrogen-bond donors (Lipinski definition) is 1. The minimum absolute atomic E-state index is 0.0786. The van der Waals surface area contributed by atoms with E-state index in [2.05, 4.69) is 46.8 Å². The average molecular weight is 300 g/mol. The first-order chi connectivity index (χ1) is 10.2. The van der Waals surface area contributed by atoms with E-state index in [1.165, 1.54) is 5.39 Å². The zero-order valence-electron chi connectivity index (χ0n) is 14.7. The number of hydrogen-bond acceptors (Lipinski definition) is 2. The van der Waals surface area contributed by atoms with Gasteiger partial charge in [-0.3, -0.25) is 0 Å². The number of phenols is 1. The number of ether oxygens (including phenoxy) is 1. The van der Waals surface area contributed by atoms with Crippen LogP contribution in [0.1, 0.15) is 52.2 Å². The first-order valence-corrected chi connectivity index (χ1v) is 8.07. The van der Waals surface area contributed by atoms with Crippen molar-refractivity contribution in [3.63, 3.8) is 0 Å². The van der Waals surface area contributed by atoms with Crippen molar-refractivity contribution in [2.24, 2.45) is 5.92 Å². The van der Waals surface area contributed by atoms with Crippen LogP contribution in [0.2, 0.25) is 0 Å². The number of methoxy groups -OCH3 is 1. The summed E-state index contributed by atoms with van der Waals surface area (Å²) in [7, 11) is 1.68. The molecule has 0 atom stereocenters. The van der Waals surface area contributed by atoms with Gasteiger partial charge in [0.05, 0.1) is 7.11 Å². The van der Waals surface area contributed by atoms with E-state index in [0.717, 1.165) is 35.1 Å². The number of phenolic OH excluding ortho intramolecular Hbond substituents is 1. The van der Waals surface area contributed by atoms with Crippen molar-refractivity contribution in [1.29, 1.82) is 0 Å². The number of aromatic hydroxyl groups is 1. The van der Waals surface area contributed by atoms with Gasteiger partial charge in [0.1, 0.15) is 11.5 Å². The predicted octanol–water partition coefficient (Wildman–Crippen LogP) is 5.44. The van der Waals surface area contributed by atoms with Crippen LogP contribution in [0.25, 0.3) is 10.8 Å². The van der Waals surface area contributed by atoms with Gasteiger partial charge in [-0.15, -0.1) is 0 Å². The lowest BCUT2D eigenvalue weighted by molar-refractivity contribution is 0.415. The lowest BCUT2D eigenvalue weighted by atomic mass is 9.82. The largest absolute Gasteiger partial charge is 0.507 e. The molecule has 22 heavy (non-hydrogen) atoms. The zero-order chi connectivity index (χ0) is 16.5. The molecule has 0 amide bonds. The van der Waals surface area contributed by atoms with Crippen molar-refractivity contribution < 1.29 is 9.84 Å². The van der Waals surface area contributed by atoms with E-state index in [1.807, 2.05) is 12.1 Å². The Bertz CT molecular complexity index is 663. The quantitative estimate of drug-likeness (QED) is 0.814. The Morgan fingerprint density at radius 2 is 1.82 bits per heavy atom. The summed E-state index contributed by atoms with van der Waals surface area (Å²) in [5.41, 5.74) is 1.99. The Hall–Kier alpha value is -1.70. The molecule has 0 aliphatic heterocycles. The van der Waals surface area contributed by atoms with E-state index < -0.39 is 0 Å². The van der Waals surface area contributed by atoms with Crippen LogP contribution < -0.4 is 4.74 Å². The number of rotatable bonds is 4. The molecule has 0 aromatic heterocycles. The van der Waals surface area contributed by atoms with Gasteiger partial charge >= 0.3 is 0 Å². The van der Waals surface area contributed by atoms with Crippen LogP contribution in [-0.4, -0.2) is 12.2 Å². The number of benzene rings is 2. The second-order valence-corrected chi connectivity index (χ2v) is 7.52. The Morgan fingerprint density at radius 3 is 2.36 bits per heavy atom. The molecule has 0 spiro atoms. The standard InChI is InChI=1S/C20H28O2/c1-13(2)7-10-16-17-12-15(22-6)9-8-14(17)11-18(19(16)21)20(3,4)5/h8-9,11-13,21H,7,10H2,1-6H3. The summed E-state index contributed by atoms with van der Waals surface area (Å²) in [6.45, 7) is 10.9. The van der Waals surface area contributed by atoms with Crippen molar-refractivity contribution in [1.82, 2.24) is 0 Å². The molecule has 0 saturated heterocycles. The Labute approximate surface area is 134 Å². The van der Waals surface area contributed by atoms with Crippen LogP contribution in [0.4, 0.5) is 0 Å². The summed E-state index contributed by atoms with van der Waals surface area (Å²) >= 11 is 0. The van der Waals surface area contributed by atoms with E-state index in [-0.39, 0.29) is 5.41 Å². The fourth-order valence-corrected chi connectivity index (χ4v) is 2.82. The third-order valence-electron chi connectivity index (χ3n) is 4.21. The highest BCUT2D eigenvalue weighted by atomic mass is 16.5. The molecule has 0 aliphatic carbocycles. The molecule has 0 bridgehead atoms. The van der Waals surface area contributed by atoms with Gasteiger partial charge in [0.15, 0.2) is 0 Å². The molecule has 0 radical (unpaired) electrons. The maximum Gasteiger partial charge on any atom is 0.123 e. The van der Waals surface area contributed by atoms with Gasteiger partial charge in [-0.05, 0) is 53.1 Å².